The number of imidazole rings is 1. The van der Waals surface area contributed by atoms with Crippen LogP contribution in [0, 0.1) is 20.8 Å². The molecule has 0 aliphatic heterocycles. The minimum Gasteiger partial charge on any atom is -0.337 e. The van der Waals surface area contributed by atoms with Gasteiger partial charge >= 0.3 is 0 Å². The zero-order valence-electron chi connectivity index (χ0n) is 12.5. The molecule has 0 amide bonds. The molecular weight excluding hydrogens is 234 g/mol. The lowest BCUT2D eigenvalue weighted by atomic mass is 9.98. The second kappa shape index (κ2) is 5.57. The Morgan fingerprint density at radius 3 is 2.37 bits per heavy atom. The van der Waals surface area contributed by atoms with Crippen molar-refractivity contribution in [3.8, 4) is 11.3 Å². The van der Waals surface area contributed by atoms with Gasteiger partial charge in [-0.25, -0.2) is 4.98 Å². The lowest BCUT2D eigenvalue weighted by Crippen LogP contribution is -2.12. The minimum absolute atomic E-state index is 0.955. The number of hydrogen-bond acceptors (Lipinski definition) is 2. The average Bonchev–Trinajstić information content (AvgIpc) is 2.66. The number of nitrogens with one attached hydrogen (secondary N) is 1. The molecule has 1 aromatic carbocycles. The minimum atomic E-state index is 0.955. The smallest absolute Gasteiger partial charge is 0.110 e. The summed E-state index contributed by atoms with van der Waals surface area (Å²) in [6, 6.07) is 4.45. The van der Waals surface area contributed by atoms with E-state index >= 15 is 0 Å². The van der Waals surface area contributed by atoms with Crippen LogP contribution in [0.1, 0.15) is 22.5 Å². The Morgan fingerprint density at radius 2 is 1.79 bits per heavy atom. The predicted molar refractivity (Wildman–Crippen MR) is 80.5 cm³/mol. The monoisotopic (exact) mass is 257 g/mol. The third kappa shape index (κ3) is 2.87. The van der Waals surface area contributed by atoms with Crippen LogP contribution in [0.15, 0.2) is 18.3 Å². The van der Waals surface area contributed by atoms with Crippen LogP contribution in [-0.2, 0) is 13.5 Å². The quantitative estimate of drug-likeness (QED) is 0.912. The zero-order valence-corrected chi connectivity index (χ0v) is 12.5. The summed E-state index contributed by atoms with van der Waals surface area (Å²) in [5, 5.41) is 3.17. The van der Waals surface area contributed by atoms with E-state index in [0.717, 1.165) is 24.5 Å². The number of likely N-dealkylation sites (N-methyl/N-ethyl adjacent to an activating group) is 1. The number of aryl methyl sites for hydroxylation is 4. The molecule has 0 atom stereocenters. The van der Waals surface area contributed by atoms with Gasteiger partial charge in [-0.1, -0.05) is 17.7 Å². The first kappa shape index (κ1) is 13.8. The molecule has 19 heavy (non-hydrogen) atoms. The molecule has 1 heterocycles. The fourth-order valence-corrected chi connectivity index (χ4v) is 2.68. The van der Waals surface area contributed by atoms with Crippen molar-refractivity contribution in [2.75, 3.05) is 13.6 Å². The van der Waals surface area contributed by atoms with E-state index in [4.69, 9.17) is 4.98 Å². The van der Waals surface area contributed by atoms with Gasteiger partial charge in [-0.05, 0) is 38.9 Å². The maximum absolute atomic E-state index is 4.79. The summed E-state index contributed by atoms with van der Waals surface area (Å²) in [4.78, 5) is 4.79. The summed E-state index contributed by atoms with van der Waals surface area (Å²) in [6.07, 6.45) is 3.09. The summed E-state index contributed by atoms with van der Waals surface area (Å²) in [6.45, 7) is 7.42. The number of hydrogen-bond donors (Lipinski definition) is 1. The lowest BCUT2D eigenvalue weighted by Gasteiger charge is -2.08. The van der Waals surface area contributed by atoms with E-state index in [2.05, 4.69) is 56.0 Å². The molecule has 3 nitrogen and oxygen atoms in total. The van der Waals surface area contributed by atoms with Gasteiger partial charge in [-0.15, -0.1) is 0 Å². The first-order valence-corrected chi connectivity index (χ1v) is 6.78. The van der Waals surface area contributed by atoms with Crippen molar-refractivity contribution < 1.29 is 0 Å². The van der Waals surface area contributed by atoms with E-state index in [9.17, 15) is 0 Å². The highest BCUT2D eigenvalue weighted by atomic mass is 15.0. The number of rotatable bonds is 4. The van der Waals surface area contributed by atoms with Crippen LogP contribution < -0.4 is 5.32 Å². The van der Waals surface area contributed by atoms with Crippen molar-refractivity contribution in [3.63, 3.8) is 0 Å². The van der Waals surface area contributed by atoms with Crippen LogP contribution in [0.5, 0.6) is 0 Å². The van der Waals surface area contributed by atoms with Gasteiger partial charge < -0.3 is 9.88 Å². The molecule has 3 heteroatoms. The molecule has 1 N–H and O–H groups in total. The fourth-order valence-electron chi connectivity index (χ4n) is 2.68. The van der Waals surface area contributed by atoms with Gasteiger partial charge in [0.25, 0.3) is 0 Å². The average molecular weight is 257 g/mol. The second-order valence-corrected chi connectivity index (χ2v) is 5.28. The Kier molecular flexibility index (Phi) is 4.05. The molecule has 1 aromatic heterocycles. The van der Waals surface area contributed by atoms with Crippen LogP contribution in [-0.4, -0.2) is 23.1 Å². The third-order valence-electron chi connectivity index (χ3n) is 3.50. The highest BCUT2D eigenvalue weighted by molar-refractivity contribution is 5.68. The van der Waals surface area contributed by atoms with Crippen molar-refractivity contribution in [1.82, 2.24) is 14.9 Å². The first-order chi connectivity index (χ1) is 9.02. The highest BCUT2D eigenvalue weighted by Crippen LogP contribution is 2.27. The van der Waals surface area contributed by atoms with Crippen molar-refractivity contribution >= 4 is 0 Å². The molecule has 0 spiro atoms. The van der Waals surface area contributed by atoms with Crippen LogP contribution >= 0.6 is 0 Å². The van der Waals surface area contributed by atoms with Crippen molar-refractivity contribution in [1.29, 1.82) is 0 Å². The lowest BCUT2D eigenvalue weighted by molar-refractivity contribution is 0.718. The molecule has 2 rings (SSSR count). The molecule has 0 unspecified atom stereocenters. The largest absolute Gasteiger partial charge is 0.337 e. The SMILES string of the molecule is CNCCc1nc(-c2c(C)cc(C)cc2C)cn1C. The Hall–Kier alpha value is -1.61. The van der Waals surface area contributed by atoms with Gasteiger partial charge in [0.05, 0.1) is 5.69 Å². The Bertz CT molecular complexity index is 559. The molecule has 2 aromatic rings. The Morgan fingerprint density at radius 1 is 1.16 bits per heavy atom. The van der Waals surface area contributed by atoms with Crippen LogP contribution in [0.2, 0.25) is 0 Å². The normalized spacial score (nSPS) is 11.0. The van der Waals surface area contributed by atoms with E-state index < -0.39 is 0 Å². The molecule has 0 radical (unpaired) electrons. The molecular formula is C16H23N3. The van der Waals surface area contributed by atoms with Crippen molar-refractivity contribution in [3.05, 3.63) is 40.8 Å². The van der Waals surface area contributed by atoms with Gasteiger partial charge in [0, 0.05) is 31.8 Å². The molecule has 102 valence electrons. The molecule has 0 saturated heterocycles. The van der Waals surface area contributed by atoms with Gasteiger partial charge in [0.15, 0.2) is 0 Å². The molecule has 0 aliphatic rings. The van der Waals surface area contributed by atoms with E-state index in [1.165, 1.54) is 22.3 Å². The van der Waals surface area contributed by atoms with E-state index in [1.807, 2.05) is 7.05 Å². The molecule has 0 fully saturated rings. The second-order valence-electron chi connectivity index (χ2n) is 5.28. The van der Waals surface area contributed by atoms with Gasteiger partial charge in [0.2, 0.25) is 0 Å². The van der Waals surface area contributed by atoms with E-state index in [0.29, 0.717) is 0 Å². The van der Waals surface area contributed by atoms with Crippen LogP contribution in [0.4, 0.5) is 0 Å². The number of benzene rings is 1. The summed E-state index contributed by atoms with van der Waals surface area (Å²) in [7, 11) is 4.04. The van der Waals surface area contributed by atoms with E-state index in [-0.39, 0.29) is 0 Å². The predicted octanol–water partition coefficient (Wildman–Crippen LogP) is 2.77. The summed E-state index contributed by atoms with van der Waals surface area (Å²) in [5.74, 6) is 1.13. The Labute approximate surface area is 115 Å². The van der Waals surface area contributed by atoms with Gasteiger partial charge in [-0.2, -0.15) is 0 Å². The standard InChI is InChI=1S/C16H23N3/c1-11-8-12(2)16(13(3)9-11)14-10-19(5)15(18-14)6-7-17-4/h8-10,17H,6-7H2,1-5H3. The molecule has 0 bridgehead atoms. The van der Waals surface area contributed by atoms with Crippen LogP contribution in [0.25, 0.3) is 11.3 Å². The van der Waals surface area contributed by atoms with Crippen molar-refractivity contribution in [2.24, 2.45) is 7.05 Å². The van der Waals surface area contributed by atoms with Crippen LogP contribution in [0.3, 0.4) is 0 Å². The fraction of sp³-hybridized carbons (Fsp3) is 0.438. The maximum Gasteiger partial charge on any atom is 0.110 e. The number of nitrogens with zero attached hydrogens (tertiary/aromatic N) is 2. The topological polar surface area (TPSA) is 29.9 Å². The summed E-state index contributed by atoms with van der Waals surface area (Å²) >= 11 is 0. The molecule has 0 aliphatic carbocycles. The summed E-state index contributed by atoms with van der Waals surface area (Å²) < 4.78 is 2.13. The molecule has 0 saturated carbocycles. The van der Waals surface area contributed by atoms with E-state index in [1.54, 1.807) is 0 Å². The maximum atomic E-state index is 4.79. The first-order valence-electron chi connectivity index (χ1n) is 6.78. The van der Waals surface area contributed by atoms with Gasteiger partial charge in [0.1, 0.15) is 5.82 Å². The number of aromatic nitrogens is 2. The third-order valence-corrected chi connectivity index (χ3v) is 3.50. The highest BCUT2D eigenvalue weighted by Gasteiger charge is 2.12. The Balaban J connectivity index is 2.42. The van der Waals surface area contributed by atoms with Crippen molar-refractivity contribution in [2.45, 2.75) is 27.2 Å². The zero-order chi connectivity index (χ0) is 14.0. The summed E-state index contributed by atoms with van der Waals surface area (Å²) in [5.41, 5.74) is 6.28. The van der Waals surface area contributed by atoms with Gasteiger partial charge in [-0.3, -0.25) is 0 Å².